The second-order valence-corrected chi connectivity index (χ2v) is 10.3. The van der Waals surface area contributed by atoms with Crippen LogP contribution < -0.4 is 11.2 Å². The lowest BCUT2D eigenvalue weighted by molar-refractivity contribution is -0.260. The van der Waals surface area contributed by atoms with Crippen molar-refractivity contribution in [2.24, 2.45) is 0 Å². The molecule has 0 aliphatic carbocycles. The van der Waals surface area contributed by atoms with Gasteiger partial charge in [-0.2, -0.15) is 5.06 Å². The summed E-state index contributed by atoms with van der Waals surface area (Å²) in [5, 5.41) is 1.89. The van der Waals surface area contributed by atoms with Crippen molar-refractivity contribution < 1.29 is 28.6 Å². The number of hydroxylamine groups is 2. The van der Waals surface area contributed by atoms with Gasteiger partial charge < -0.3 is 18.9 Å². The fourth-order valence-corrected chi connectivity index (χ4v) is 5.89. The number of fused-ring (bicyclic) bond motifs is 3. The molecule has 1 spiro atoms. The van der Waals surface area contributed by atoms with Crippen molar-refractivity contribution in [3.8, 4) is 0 Å². The average Bonchev–Trinajstić information content (AvgIpc) is 3.40. The number of esters is 1. The number of carbonyl (C=O) groups is 1. The van der Waals surface area contributed by atoms with E-state index < -0.39 is 41.3 Å². The maximum Gasteiger partial charge on any atom is 0.330 e. The molecule has 6 rings (SSSR count). The summed E-state index contributed by atoms with van der Waals surface area (Å²) in [5.74, 6) is -0.558. The Balaban J connectivity index is 1.43. The lowest BCUT2D eigenvalue weighted by Gasteiger charge is -2.41. The third-order valence-electron chi connectivity index (χ3n) is 7.60. The van der Waals surface area contributed by atoms with E-state index in [9.17, 15) is 14.4 Å². The van der Waals surface area contributed by atoms with E-state index in [4.69, 9.17) is 23.8 Å². The summed E-state index contributed by atoms with van der Waals surface area (Å²) in [4.78, 5) is 45.7. The van der Waals surface area contributed by atoms with Crippen LogP contribution in [-0.4, -0.2) is 63.8 Å². The van der Waals surface area contributed by atoms with E-state index >= 15 is 0 Å². The van der Waals surface area contributed by atoms with E-state index in [2.05, 4.69) is 4.98 Å². The predicted molar refractivity (Wildman–Crippen MR) is 141 cm³/mol. The normalized spacial score (nSPS) is 29.9. The van der Waals surface area contributed by atoms with Gasteiger partial charge in [-0.3, -0.25) is 24.0 Å². The van der Waals surface area contributed by atoms with Crippen molar-refractivity contribution in [2.45, 2.75) is 62.7 Å². The molecule has 2 bridgehead atoms. The standard InChI is InChI=1S/C29H31N3O8/c1-19(33)38-25-26(37-16-21-10-6-3-7-11-21)29(39-27(25)31-13-12-24(34)30-28(31)35)18-36-17-22-14-23(29)32(40-22)15-20-8-4-2-5-9-20/h2-13,22-23,25-27H,14-18H2,1H3,(H,30,34,35)/t22?,23?,25-,26-,27-,29-/m1/s1. The number of ether oxygens (including phenoxy) is 4. The predicted octanol–water partition coefficient (Wildman–Crippen LogP) is 1.93. The van der Waals surface area contributed by atoms with Crippen LogP contribution in [0.1, 0.15) is 30.7 Å². The minimum Gasteiger partial charge on any atom is -0.455 e. The van der Waals surface area contributed by atoms with Crippen LogP contribution in [0.2, 0.25) is 0 Å². The van der Waals surface area contributed by atoms with Gasteiger partial charge in [0.05, 0.1) is 25.9 Å². The quantitative estimate of drug-likeness (QED) is 0.441. The van der Waals surface area contributed by atoms with Gasteiger partial charge >= 0.3 is 11.7 Å². The first kappa shape index (κ1) is 26.6. The molecule has 2 aromatic carbocycles. The summed E-state index contributed by atoms with van der Waals surface area (Å²) in [6, 6.07) is 20.4. The second-order valence-electron chi connectivity index (χ2n) is 10.3. The molecule has 3 saturated heterocycles. The van der Waals surface area contributed by atoms with Crippen molar-refractivity contribution in [3.05, 3.63) is 105 Å². The molecule has 3 aliphatic rings. The van der Waals surface area contributed by atoms with Crippen LogP contribution in [0.4, 0.5) is 0 Å². The monoisotopic (exact) mass is 549 g/mol. The summed E-state index contributed by atoms with van der Waals surface area (Å²) >= 11 is 0. The molecule has 3 aromatic rings. The first-order valence-corrected chi connectivity index (χ1v) is 13.3. The van der Waals surface area contributed by atoms with Crippen molar-refractivity contribution in [1.29, 1.82) is 0 Å². The molecule has 3 fully saturated rings. The topological polar surface area (TPSA) is 121 Å². The average molecular weight is 550 g/mol. The van der Waals surface area contributed by atoms with E-state index in [1.807, 2.05) is 65.7 Å². The molecule has 2 unspecified atom stereocenters. The summed E-state index contributed by atoms with van der Waals surface area (Å²) < 4.78 is 26.5. The van der Waals surface area contributed by atoms with Crippen LogP contribution in [0.25, 0.3) is 0 Å². The van der Waals surface area contributed by atoms with Gasteiger partial charge in [0.1, 0.15) is 17.8 Å². The molecule has 4 heterocycles. The number of aromatic amines is 1. The molecule has 11 nitrogen and oxygen atoms in total. The molecule has 6 atom stereocenters. The molecule has 0 saturated carbocycles. The van der Waals surface area contributed by atoms with Crippen LogP contribution in [0.5, 0.6) is 0 Å². The molecule has 11 heteroatoms. The zero-order chi connectivity index (χ0) is 27.7. The van der Waals surface area contributed by atoms with Crippen molar-refractivity contribution in [2.75, 3.05) is 13.2 Å². The molecule has 0 radical (unpaired) electrons. The Morgan fingerprint density at radius 1 is 1.05 bits per heavy atom. The molecule has 210 valence electrons. The first-order chi connectivity index (χ1) is 19.4. The zero-order valence-corrected chi connectivity index (χ0v) is 22.0. The van der Waals surface area contributed by atoms with Gasteiger partial charge in [0, 0.05) is 25.7 Å². The van der Waals surface area contributed by atoms with Crippen LogP contribution in [0, 0.1) is 0 Å². The highest BCUT2D eigenvalue weighted by Gasteiger charge is 2.66. The number of nitrogens with one attached hydrogen (secondary N) is 1. The van der Waals surface area contributed by atoms with Crippen LogP contribution in [-0.2, 0) is 41.7 Å². The Bertz CT molecular complexity index is 1440. The molecule has 1 N–H and O–H groups in total. The van der Waals surface area contributed by atoms with Crippen LogP contribution in [0.3, 0.4) is 0 Å². The number of hydrogen-bond acceptors (Lipinski definition) is 9. The number of aromatic nitrogens is 2. The Labute approximate surface area is 230 Å². The van der Waals surface area contributed by atoms with E-state index in [-0.39, 0.29) is 25.4 Å². The Morgan fingerprint density at radius 3 is 2.48 bits per heavy atom. The molecule has 40 heavy (non-hydrogen) atoms. The van der Waals surface area contributed by atoms with Crippen LogP contribution >= 0.6 is 0 Å². The van der Waals surface area contributed by atoms with Gasteiger partial charge in [-0.25, -0.2) is 4.79 Å². The van der Waals surface area contributed by atoms with Crippen molar-refractivity contribution in [3.63, 3.8) is 0 Å². The van der Waals surface area contributed by atoms with Gasteiger partial charge in [-0.1, -0.05) is 60.7 Å². The maximum atomic E-state index is 12.9. The third-order valence-corrected chi connectivity index (χ3v) is 7.60. The fourth-order valence-electron chi connectivity index (χ4n) is 5.89. The molecule has 1 aromatic heterocycles. The van der Waals surface area contributed by atoms with E-state index in [1.165, 1.54) is 23.8 Å². The summed E-state index contributed by atoms with van der Waals surface area (Å²) in [7, 11) is 0. The second kappa shape index (κ2) is 11.1. The largest absolute Gasteiger partial charge is 0.455 e. The van der Waals surface area contributed by atoms with E-state index in [0.717, 1.165) is 11.1 Å². The van der Waals surface area contributed by atoms with E-state index in [0.29, 0.717) is 19.6 Å². The number of benzene rings is 2. The highest BCUT2D eigenvalue weighted by molar-refractivity contribution is 5.66. The van der Waals surface area contributed by atoms with Gasteiger partial charge in [-0.05, 0) is 17.5 Å². The third kappa shape index (κ3) is 5.14. The summed E-state index contributed by atoms with van der Waals surface area (Å²) in [6.07, 6.45) is -1.24. The molecule has 0 amide bonds. The number of rotatable bonds is 7. The Morgan fingerprint density at radius 2 is 1.77 bits per heavy atom. The van der Waals surface area contributed by atoms with Crippen molar-refractivity contribution >= 4 is 5.97 Å². The first-order valence-electron chi connectivity index (χ1n) is 13.3. The van der Waals surface area contributed by atoms with E-state index in [1.54, 1.807) is 0 Å². The SMILES string of the molecule is CC(=O)O[C@H]1[C@H](n2ccc(=O)[nH]c2=O)O[C@@]2(COCC3CC2N(Cc2ccccc2)O3)[C@@H]1OCc1ccccc1. The fraction of sp³-hybridized carbons (Fsp3) is 0.414. The lowest BCUT2D eigenvalue weighted by Crippen LogP contribution is -2.60. The molecular weight excluding hydrogens is 518 g/mol. The van der Waals surface area contributed by atoms with Crippen LogP contribution in [0.15, 0.2) is 82.5 Å². The maximum absolute atomic E-state index is 12.9. The summed E-state index contributed by atoms with van der Waals surface area (Å²) in [6.45, 7) is 2.46. The van der Waals surface area contributed by atoms with Gasteiger partial charge in [0.15, 0.2) is 12.3 Å². The Kier molecular flexibility index (Phi) is 7.39. The highest BCUT2D eigenvalue weighted by atomic mass is 16.7. The number of nitrogens with zero attached hydrogens (tertiary/aromatic N) is 2. The van der Waals surface area contributed by atoms with Gasteiger partial charge in [0.2, 0.25) is 0 Å². The van der Waals surface area contributed by atoms with Gasteiger partial charge in [0.25, 0.3) is 5.56 Å². The Hall–Kier alpha value is -3.61. The van der Waals surface area contributed by atoms with Gasteiger partial charge in [-0.15, -0.1) is 0 Å². The lowest BCUT2D eigenvalue weighted by atomic mass is 9.85. The van der Waals surface area contributed by atoms with Crippen molar-refractivity contribution in [1.82, 2.24) is 14.6 Å². The molecule has 3 aliphatic heterocycles. The number of H-pyrrole nitrogens is 1. The minimum atomic E-state index is -1.19. The zero-order valence-electron chi connectivity index (χ0n) is 22.0. The minimum absolute atomic E-state index is 0.120. The smallest absolute Gasteiger partial charge is 0.330 e. The number of carbonyl (C=O) groups excluding carboxylic acids is 1. The highest BCUT2D eigenvalue weighted by Crippen LogP contribution is 2.49. The molecular formula is C29H31N3O8. The number of hydrogen-bond donors (Lipinski definition) is 1. The summed E-state index contributed by atoms with van der Waals surface area (Å²) in [5.41, 5.74) is -0.456.